The number of anilines is 1. The van der Waals surface area contributed by atoms with Crippen molar-refractivity contribution in [3.63, 3.8) is 0 Å². The summed E-state index contributed by atoms with van der Waals surface area (Å²) in [6.45, 7) is 4.02. The van der Waals surface area contributed by atoms with Crippen LogP contribution < -0.4 is 10.6 Å². The molecule has 116 valence electrons. The molecule has 0 spiro atoms. The lowest BCUT2D eigenvalue weighted by molar-refractivity contribution is -0.137. The van der Waals surface area contributed by atoms with Gasteiger partial charge in [0.15, 0.2) is 0 Å². The first kappa shape index (κ1) is 17.2. The molecule has 3 N–H and O–H groups in total. The summed E-state index contributed by atoms with van der Waals surface area (Å²) < 4.78 is 0. The van der Waals surface area contributed by atoms with Crippen LogP contribution in [0.5, 0.6) is 0 Å². The molecule has 0 saturated heterocycles. The number of aliphatic carboxylic acids is 1. The normalized spacial score (nSPS) is 10.2. The molecule has 1 aromatic heterocycles. The van der Waals surface area contributed by atoms with Crippen LogP contribution in [0.4, 0.5) is 5.00 Å². The van der Waals surface area contributed by atoms with E-state index < -0.39 is 5.97 Å². The molecule has 7 heteroatoms. The summed E-state index contributed by atoms with van der Waals surface area (Å²) in [5.74, 6) is -1.31. The molecule has 0 radical (unpaired) electrons. The van der Waals surface area contributed by atoms with Crippen LogP contribution in [0, 0.1) is 0 Å². The fourth-order valence-corrected chi connectivity index (χ4v) is 2.64. The van der Waals surface area contributed by atoms with Crippen LogP contribution in [-0.2, 0) is 16.0 Å². The number of rotatable bonds is 8. The maximum Gasteiger partial charge on any atom is 0.303 e. The lowest BCUT2D eigenvalue weighted by atomic mass is 10.2. The van der Waals surface area contributed by atoms with Gasteiger partial charge in [0.25, 0.3) is 5.91 Å². The summed E-state index contributed by atoms with van der Waals surface area (Å²) in [5, 5.41) is 14.5. The summed E-state index contributed by atoms with van der Waals surface area (Å²) in [6.07, 6.45) is 1.52. The van der Waals surface area contributed by atoms with E-state index in [1.807, 2.05) is 6.92 Å². The number of nitrogens with one attached hydrogen (secondary N) is 2. The Bertz CT molecular complexity index is 525. The van der Waals surface area contributed by atoms with Crippen LogP contribution in [0.1, 0.15) is 48.3 Å². The molecule has 1 rings (SSSR count). The van der Waals surface area contributed by atoms with Gasteiger partial charge >= 0.3 is 5.97 Å². The lowest BCUT2D eigenvalue weighted by Crippen LogP contribution is -2.25. The van der Waals surface area contributed by atoms with Crippen LogP contribution in [0.25, 0.3) is 0 Å². The van der Waals surface area contributed by atoms with Gasteiger partial charge in [0.1, 0.15) is 5.00 Å². The van der Waals surface area contributed by atoms with Gasteiger partial charge in [-0.25, -0.2) is 0 Å². The van der Waals surface area contributed by atoms with E-state index in [0.29, 0.717) is 30.0 Å². The van der Waals surface area contributed by atoms with Crippen molar-refractivity contribution in [2.24, 2.45) is 0 Å². The van der Waals surface area contributed by atoms with E-state index in [4.69, 9.17) is 5.11 Å². The first-order valence-corrected chi connectivity index (χ1v) is 7.72. The Hall–Kier alpha value is -1.89. The molecular formula is C14H20N2O4S. The standard InChI is InChI=1S/C14H20N2O4S/c1-3-9-8-10(14(21-9)16-11(17)4-2)13(20)15-7-5-6-12(18)19/h8H,3-7H2,1-2H3,(H,15,20)(H,16,17)(H,18,19). The zero-order valence-corrected chi connectivity index (χ0v) is 13.0. The Morgan fingerprint density at radius 2 is 2.00 bits per heavy atom. The maximum atomic E-state index is 12.1. The summed E-state index contributed by atoms with van der Waals surface area (Å²) in [6, 6.07) is 1.77. The molecule has 0 aliphatic carbocycles. The highest BCUT2D eigenvalue weighted by Gasteiger charge is 2.16. The van der Waals surface area contributed by atoms with Gasteiger partial charge in [-0.2, -0.15) is 0 Å². The molecule has 1 aromatic rings. The van der Waals surface area contributed by atoms with E-state index in [2.05, 4.69) is 10.6 Å². The summed E-state index contributed by atoms with van der Waals surface area (Å²) >= 11 is 1.39. The average molecular weight is 312 g/mol. The number of aryl methyl sites for hydroxylation is 1. The molecule has 6 nitrogen and oxygen atoms in total. The van der Waals surface area contributed by atoms with E-state index in [0.717, 1.165) is 11.3 Å². The molecule has 1 heterocycles. The second kappa shape index (κ2) is 8.41. The van der Waals surface area contributed by atoms with Crippen molar-refractivity contribution in [1.29, 1.82) is 0 Å². The lowest BCUT2D eigenvalue weighted by Gasteiger charge is -2.06. The van der Waals surface area contributed by atoms with E-state index in [-0.39, 0.29) is 18.2 Å². The number of hydrogen-bond donors (Lipinski definition) is 3. The SMILES string of the molecule is CCC(=O)Nc1sc(CC)cc1C(=O)NCCCC(=O)O. The number of carboxylic acids is 1. The predicted octanol–water partition coefficient (Wildman–Crippen LogP) is 2.25. The minimum atomic E-state index is -0.885. The van der Waals surface area contributed by atoms with Gasteiger partial charge in [-0.15, -0.1) is 11.3 Å². The number of amides is 2. The smallest absolute Gasteiger partial charge is 0.303 e. The van der Waals surface area contributed by atoms with Crippen molar-refractivity contribution in [3.8, 4) is 0 Å². The minimum absolute atomic E-state index is 0.0174. The highest BCUT2D eigenvalue weighted by Crippen LogP contribution is 2.28. The Morgan fingerprint density at radius 1 is 1.29 bits per heavy atom. The molecular weight excluding hydrogens is 292 g/mol. The van der Waals surface area contributed by atoms with Crippen molar-refractivity contribution in [3.05, 3.63) is 16.5 Å². The number of thiophene rings is 1. The number of hydrogen-bond acceptors (Lipinski definition) is 4. The zero-order valence-electron chi connectivity index (χ0n) is 12.2. The number of carbonyl (C=O) groups is 3. The third-order valence-corrected chi connectivity index (χ3v) is 4.00. The summed E-state index contributed by atoms with van der Waals surface area (Å²) in [5.41, 5.74) is 0.439. The maximum absolute atomic E-state index is 12.1. The quantitative estimate of drug-likeness (QED) is 0.642. The van der Waals surface area contributed by atoms with Crippen molar-refractivity contribution in [2.45, 2.75) is 39.5 Å². The van der Waals surface area contributed by atoms with Gasteiger partial charge in [0.05, 0.1) is 5.56 Å². The second-order valence-corrected chi connectivity index (χ2v) is 5.60. The first-order valence-electron chi connectivity index (χ1n) is 6.90. The number of carboxylic acid groups (broad SMARTS) is 1. The van der Waals surface area contributed by atoms with Crippen molar-refractivity contribution in [2.75, 3.05) is 11.9 Å². The van der Waals surface area contributed by atoms with Gasteiger partial charge < -0.3 is 15.7 Å². The molecule has 0 bridgehead atoms. The van der Waals surface area contributed by atoms with Crippen molar-refractivity contribution >= 4 is 34.1 Å². The largest absolute Gasteiger partial charge is 0.481 e. The highest BCUT2D eigenvalue weighted by atomic mass is 32.1. The van der Waals surface area contributed by atoms with E-state index in [1.54, 1.807) is 13.0 Å². The number of carbonyl (C=O) groups excluding carboxylic acids is 2. The molecule has 0 aliphatic heterocycles. The van der Waals surface area contributed by atoms with Crippen LogP contribution in [0.3, 0.4) is 0 Å². The molecule has 0 unspecified atom stereocenters. The summed E-state index contributed by atoms with van der Waals surface area (Å²) in [4.78, 5) is 35.0. The van der Waals surface area contributed by atoms with Crippen molar-refractivity contribution in [1.82, 2.24) is 5.32 Å². The molecule has 0 fully saturated rings. The van der Waals surface area contributed by atoms with Crippen LogP contribution >= 0.6 is 11.3 Å². The zero-order chi connectivity index (χ0) is 15.8. The fourth-order valence-electron chi connectivity index (χ4n) is 1.63. The minimum Gasteiger partial charge on any atom is -0.481 e. The van der Waals surface area contributed by atoms with E-state index in [9.17, 15) is 14.4 Å². The Labute approximate surface area is 127 Å². The average Bonchev–Trinajstić information content (AvgIpc) is 2.86. The topological polar surface area (TPSA) is 95.5 Å². The van der Waals surface area contributed by atoms with E-state index in [1.165, 1.54) is 11.3 Å². The molecule has 0 aliphatic rings. The highest BCUT2D eigenvalue weighted by molar-refractivity contribution is 7.16. The van der Waals surface area contributed by atoms with Gasteiger partial charge in [-0.3, -0.25) is 14.4 Å². The molecule has 2 amide bonds. The second-order valence-electron chi connectivity index (χ2n) is 4.46. The predicted molar refractivity (Wildman–Crippen MR) is 81.8 cm³/mol. The molecule has 0 atom stereocenters. The monoisotopic (exact) mass is 312 g/mol. The Morgan fingerprint density at radius 3 is 2.57 bits per heavy atom. The van der Waals surface area contributed by atoms with Gasteiger partial charge in [0, 0.05) is 24.3 Å². The Balaban J connectivity index is 2.70. The van der Waals surface area contributed by atoms with Crippen molar-refractivity contribution < 1.29 is 19.5 Å². The van der Waals surface area contributed by atoms with Gasteiger partial charge in [0.2, 0.25) is 5.91 Å². The Kier molecular flexibility index (Phi) is 6.87. The third kappa shape index (κ3) is 5.55. The van der Waals surface area contributed by atoms with Crippen LogP contribution in [-0.4, -0.2) is 29.4 Å². The van der Waals surface area contributed by atoms with E-state index >= 15 is 0 Å². The first-order chi connectivity index (χ1) is 9.97. The van der Waals surface area contributed by atoms with Crippen LogP contribution in [0.2, 0.25) is 0 Å². The molecule has 0 aromatic carbocycles. The summed E-state index contributed by atoms with van der Waals surface area (Å²) in [7, 11) is 0. The van der Waals surface area contributed by atoms with Gasteiger partial charge in [-0.1, -0.05) is 13.8 Å². The van der Waals surface area contributed by atoms with Crippen LogP contribution in [0.15, 0.2) is 6.07 Å². The molecule has 0 saturated carbocycles. The molecule has 21 heavy (non-hydrogen) atoms. The third-order valence-electron chi connectivity index (χ3n) is 2.80. The van der Waals surface area contributed by atoms with Gasteiger partial charge in [-0.05, 0) is 18.9 Å². The fraction of sp³-hybridized carbons (Fsp3) is 0.500.